The number of nitrogens with one attached hydrogen (secondary N) is 1. The first kappa shape index (κ1) is 20.9. The van der Waals surface area contributed by atoms with Gasteiger partial charge in [0.15, 0.2) is 10.8 Å². The summed E-state index contributed by atoms with van der Waals surface area (Å²) in [5.74, 6) is -1.78. The highest BCUT2D eigenvalue weighted by molar-refractivity contribution is 14.1. The first-order valence-corrected chi connectivity index (χ1v) is 11.5. The lowest BCUT2D eigenvalue weighted by molar-refractivity contribution is -0.150. The molecule has 1 aromatic rings. The topological polar surface area (TPSA) is 147 Å². The number of hydrogen-bond acceptors (Lipinski definition) is 9. The van der Waals surface area contributed by atoms with Crippen molar-refractivity contribution in [2.45, 2.75) is 18.3 Å². The summed E-state index contributed by atoms with van der Waals surface area (Å²) < 4.78 is 0.510. The zero-order valence-electron chi connectivity index (χ0n) is 14.5. The second-order valence-corrected chi connectivity index (χ2v) is 8.44. The Morgan fingerprint density at radius 3 is 2.89 bits per heavy atom. The molecule has 28 heavy (non-hydrogen) atoms. The number of β-lactam (4-membered cyclic amide) rings is 1. The summed E-state index contributed by atoms with van der Waals surface area (Å²) in [6, 6.07) is -0.856. The van der Waals surface area contributed by atoms with Crippen LogP contribution in [0.2, 0.25) is 0 Å². The zero-order chi connectivity index (χ0) is 20.4. The molecule has 4 N–H and O–H groups in total. The van der Waals surface area contributed by atoms with E-state index in [1.54, 1.807) is 12.3 Å². The fourth-order valence-corrected chi connectivity index (χ4v) is 5.62. The molecule has 3 rings (SSSR count). The highest BCUT2D eigenvalue weighted by atomic mass is 127. The number of amides is 2. The van der Waals surface area contributed by atoms with Gasteiger partial charge in [0.05, 0.1) is 0 Å². The van der Waals surface area contributed by atoms with Gasteiger partial charge in [-0.2, -0.15) is 0 Å². The van der Waals surface area contributed by atoms with Crippen molar-refractivity contribution in [3.8, 4) is 0 Å². The van der Waals surface area contributed by atoms with Crippen molar-refractivity contribution >= 4 is 74.3 Å². The second-order valence-electron chi connectivity index (χ2n) is 5.68. The molecule has 150 valence electrons. The molecule has 2 amide bonds. The fourth-order valence-electron chi connectivity index (χ4n) is 2.73. The number of rotatable bonds is 7. The molecule has 2 aliphatic rings. The Bertz CT molecular complexity index is 886. The van der Waals surface area contributed by atoms with Crippen molar-refractivity contribution < 1.29 is 24.3 Å². The fraction of sp³-hybridized carbons (Fsp3) is 0.400. The summed E-state index contributed by atoms with van der Waals surface area (Å²) in [4.78, 5) is 47.1. The molecular weight excluding hydrogens is 521 g/mol. The van der Waals surface area contributed by atoms with E-state index in [-0.39, 0.29) is 28.8 Å². The van der Waals surface area contributed by atoms with E-state index in [4.69, 9.17) is 10.6 Å². The lowest BCUT2D eigenvalue weighted by atomic mass is 10.0. The third kappa shape index (κ3) is 3.82. The SMILES string of the molecule is CCO/N=C(/C(=O)N[C@@H]1C(=O)N2C(C(=O)O)=C(CI)CS[C@H]12)c1csc(N)n1. The zero-order valence-corrected chi connectivity index (χ0v) is 18.3. The van der Waals surface area contributed by atoms with E-state index in [1.807, 2.05) is 0 Å². The number of carboxylic acids is 1. The van der Waals surface area contributed by atoms with Crippen LogP contribution < -0.4 is 11.1 Å². The van der Waals surface area contributed by atoms with E-state index < -0.39 is 29.2 Å². The monoisotopic (exact) mass is 537 g/mol. The maximum absolute atomic E-state index is 12.7. The van der Waals surface area contributed by atoms with Gasteiger partial charge in [0.25, 0.3) is 11.8 Å². The van der Waals surface area contributed by atoms with Crippen molar-refractivity contribution in [2.75, 3.05) is 22.5 Å². The van der Waals surface area contributed by atoms with Crippen LogP contribution in [0.4, 0.5) is 5.13 Å². The van der Waals surface area contributed by atoms with Crippen molar-refractivity contribution in [3.05, 3.63) is 22.3 Å². The number of carboxylic acid groups (broad SMARTS) is 1. The molecule has 10 nitrogen and oxygen atoms in total. The van der Waals surface area contributed by atoms with Gasteiger partial charge in [0, 0.05) is 15.6 Å². The molecule has 0 unspecified atom stereocenters. The summed E-state index contributed by atoms with van der Waals surface area (Å²) in [5.41, 5.74) is 6.45. The van der Waals surface area contributed by atoms with Gasteiger partial charge in [0.2, 0.25) is 0 Å². The number of anilines is 1. The molecule has 0 aliphatic carbocycles. The number of hydrogen-bond donors (Lipinski definition) is 3. The minimum Gasteiger partial charge on any atom is -0.477 e. The number of halogens is 1. The Hall–Kier alpha value is -1.87. The Kier molecular flexibility index (Phi) is 6.44. The van der Waals surface area contributed by atoms with Crippen LogP contribution in [0, 0.1) is 0 Å². The van der Waals surface area contributed by atoms with E-state index in [0.717, 1.165) is 11.3 Å². The number of aliphatic carboxylic acids is 1. The van der Waals surface area contributed by atoms with E-state index in [0.29, 0.717) is 15.8 Å². The van der Waals surface area contributed by atoms with Gasteiger partial charge >= 0.3 is 5.97 Å². The van der Waals surface area contributed by atoms with E-state index in [2.05, 4.69) is 38.0 Å². The number of fused-ring (bicyclic) bond motifs is 1. The maximum Gasteiger partial charge on any atom is 0.352 e. The van der Waals surface area contributed by atoms with Crippen LogP contribution in [0.15, 0.2) is 21.8 Å². The summed E-state index contributed by atoms with van der Waals surface area (Å²) in [6.07, 6.45) is 0. The van der Waals surface area contributed by atoms with Crippen molar-refractivity contribution in [1.82, 2.24) is 15.2 Å². The Morgan fingerprint density at radius 2 is 2.32 bits per heavy atom. The van der Waals surface area contributed by atoms with Crippen molar-refractivity contribution in [1.29, 1.82) is 0 Å². The third-order valence-electron chi connectivity index (χ3n) is 3.96. The van der Waals surface area contributed by atoms with Gasteiger partial charge in [0.1, 0.15) is 29.4 Å². The molecule has 0 radical (unpaired) electrons. The van der Waals surface area contributed by atoms with Crippen LogP contribution in [-0.4, -0.2) is 66.7 Å². The number of nitrogens with zero attached hydrogens (tertiary/aromatic N) is 3. The Morgan fingerprint density at radius 1 is 1.57 bits per heavy atom. The summed E-state index contributed by atoms with van der Waals surface area (Å²) in [6.45, 7) is 1.96. The largest absolute Gasteiger partial charge is 0.477 e. The van der Waals surface area contributed by atoms with Crippen LogP contribution in [0.25, 0.3) is 0 Å². The number of oxime groups is 1. The number of alkyl halides is 1. The van der Waals surface area contributed by atoms with Crippen molar-refractivity contribution in [2.24, 2.45) is 5.16 Å². The predicted molar refractivity (Wildman–Crippen MR) is 113 cm³/mol. The maximum atomic E-state index is 12.7. The first-order chi connectivity index (χ1) is 13.4. The number of thioether (sulfide) groups is 1. The second kappa shape index (κ2) is 8.65. The van der Waals surface area contributed by atoms with Crippen LogP contribution >= 0.6 is 45.7 Å². The lowest BCUT2D eigenvalue weighted by Gasteiger charge is -2.49. The van der Waals surface area contributed by atoms with Gasteiger partial charge in [-0.3, -0.25) is 14.5 Å². The summed E-state index contributed by atoms with van der Waals surface area (Å²) in [7, 11) is 0. The summed E-state index contributed by atoms with van der Waals surface area (Å²) in [5, 5.41) is 17.2. The first-order valence-electron chi connectivity index (χ1n) is 8.07. The van der Waals surface area contributed by atoms with E-state index >= 15 is 0 Å². The predicted octanol–water partition coefficient (Wildman–Crippen LogP) is 0.639. The molecule has 0 spiro atoms. The molecule has 1 fully saturated rings. The molecule has 2 atom stereocenters. The molecular formula is C15H16IN5O5S2. The number of aromatic nitrogens is 1. The van der Waals surface area contributed by atoms with E-state index in [9.17, 15) is 19.5 Å². The Labute approximate surface area is 181 Å². The molecule has 0 aromatic carbocycles. The number of nitrogen functional groups attached to an aromatic ring is 1. The standard InChI is InChI=1S/C15H16IN5O5S2/c1-2-26-20-8(7-5-28-15(17)18-7)11(22)19-9-12(23)21-10(14(24)25)6(3-16)4-27-13(9)21/h5,9,13H,2-4H2,1H3,(H2,17,18)(H,19,22)(H,24,25)/b20-8+/t9-,13-/m1/s1. The molecule has 13 heteroatoms. The van der Waals surface area contributed by atoms with Gasteiger partial charge in [-0.15, -0.1) is 23.1 Å². The molecule has 0 bridgehead atoms. The minimum absolute atomic E-state index is 0.00382. The number of thiazole rings is 1. The smallest absolute Gasteiger partial charge is 0.352 e. The minimum atomic E-state index is -1.15. The normalized spacial score (nSPS) is 21.9. The van der Waals surface area contributed by atoms with Crippen LogP contribution in [-0.2, 0) is 19.2 Å². The number of nitrogens with two attached hydrogens (primary N) is 1. The van der Waals surface area contributed by atoms with Gasteiger partial charge < -0.3 is 21.0 Å². The molecule has 3 heterocycles. The number of carbonyl (C=O) groups excluding carboxylic acids is 2. The van der Waals surface area contributed by atoms with Crippen LogP contribution in [0.5, 0.6) is 0 Å². The summed E-state index contributed by atoms with van der Waals surface area (Å²) >= 11 is 4.63. The number of carbonyl (C=O) groups is 3. The molecule has 1 saturated heterocycles. The average molecular weight is 537 g/mol. The highest BCUT2D eigenvalue weighted by Crippen LogP contribution is 2.40. The highest BCUT2D eigenvalue weighted by Gasteiger charge is 2.54. The van der Waals surface area contributed by atoms with Crippen LogP contribution in [0.1, 0.15) is 12.6 Å². The quantitative estimate of drug-likeness (QED) is 0.151. The Balaban J connectivity index is 1.79. The van der Waals surface area contributed by atoms with E-state index in [1.165, 1.54) is 16.7 Å². The molecule has 0 saturated carbocycles. The van der Waals surface area contributed by atoms with Crippen LogP contribution in [0.3, 0.4) is 0 Å². The van der Waals surface area contributed by atoms with Gasteiger partial charge in [-0.25, -0.2) is 9.78 Å². The molecule has 2 aliphatic heterocycles. The van der Waals surface area contributed by atoms with Gasteiger partial charge in [-0.1, -0.05) is 27.7 Å². The molecule has 1 aromatic heterocycles. The average Bonchev–Trinajstić information content (AvgIpc) is 3.10. The van der Waals surface area contributed by atoms with Crippen molar-refractivity contribution in [3.63, 3.8) is 0 Å². The van der Waals surface area contributed by atoms with Gasteiger partial charge in [-0.05, 0) is 12.5 Å². The third-order valence-corrected chi connectivity index (χ3v) is 6.90. The lowest BCUT2D eigenvalue weighted by Crippen LogP contribution is -2.71.